The smallest absolute Gasteiger partial charge is 0.0544 e. The summed E-state index contributed by atoms with van der Waals surface area (Å²) in [5.41, 5.74) is 2.58. The van der Waals surface area contributed by atoms with Crippen LogP contribution in [-0.2, 0) is 13.1 Å². The molecule has 1 aromatic heterocycles. The van der Waals surface area contributed by atoms with Crippen molar-refractivity contribution in [2.45, 2.75) is 77.8 Å². The quantitative estimate of drug-likeness (QED) is 0.117. The van der Waals surface area contributed by atoms with Gasteiger partial charge in [-0.3, -0.25) is 9.88 Å². The molecular weight excluding hydrogens is 436 g/mol. The minimum atomic E-state index is 0.903. The van der Waals surface area contributed by atoms with Gasteiger partial charge in [0.25, 0.3) is 0 Å². The van der Waals surface area contributed by atoms with E-state index in [1.807, 2.05) is 12.3 Å². The largest absolute Gasteiger partial charge is 0.293 e. The summed E-state index contributed by atoms with van der Waals surface area (Å²) in [6.07, 6.45) is 14.2. The Kier molecular flexibility index (Phi) is 8.46. The molecule has 36 heavy (non-hydrogen) atoms. The van der Waals surface area contributed by atoms with E-state index < -0.39 is 0 Å². The van der Waals surface area contributed by atoms with Crippen LogP contribution >= 0.6 is 0 Å². The Morgan fingerprint density at radius 2 is 1.25 bits per heavy atom. The maximum absolute atomic E-state index is 4.64. The molecule has 2 heteroatoms. The van der Waals surface area contributed by atoms with Crippen LogP contribution in [0.2, 0.25) is 0 Å². The lowest BCUT2D eigenvalue weighted by atomic mass is 9.92. The summed E-state index contributed by atoms with van der Waals surface area (Å²) in [4.78, 5) is 7.25. The van der Waals surface area contributed by atoms with Crippen molar-refractivity contribution in [1.29, 1.82) is 0 Å². The van der Waals surface area contributed by atoms with Crippen LogP contribution in [0, 0.1) is 0 Å². The van der Waals surface area contributed by atoms with E-state index in [0.717, 1.165) is 25.3 Å². The lowest BCUT2D eigenvalue weighted by molar-refractivity contribution is 0.248. The third-order valence-corrected chi connectivity index (χ3v) is 7.70. The van der Waals surface area contributed by atoms with Gasteiger partial charge in [-0.25, -0.2) is 0 Å². The molecule has 5 rings (SSSR count). The second kappa shape index (κ2) is 12.3. The Labute approximate surface area is 216 Å². The van der Waals surface area contributed by atoms with Crippen LogP contribution < -0.4 is 0 Å². The molecule has 0 saturated carbocycles. The summed E-state index contributed by atoms with van der Waals surface area (Å²) in [5, 5.41) is 8.24. The van der Waals surface area contributed by atoms with Crippen molar-refractivity contribution < 1.29 is 0 Å². The summed E-state index contributed by atoms with van der Waals surface area (Å²) in [7, 11) is 0. The van der Waals surface area contributed by atoms with Crippen molar-refractivity contribution in [2.24, 2.45) is 0 Å². The number of hydrogen-bond acceptors (Lipinski definition) is 2. The van der Waals surface area contributed by atoms with E-state index in [1.54, 1.807) is 0 Å². The fourth-order valence-electron chi connectivity index (χ4n) is 5.76. The van der Waals surface area contributed by atoms with Gasteiger partial charge in [0.2, 0.25) is 0 Å². The highest BCUT2D eigenvalue weighted by Crippen LogP contribution is 2.36. The predicted molar refractivity (Wildman–Crippen MR) is 156 cm³/mol. The first-order valence-electron chi connectivity index (χ1n) is 14.1. The molecule has 186 valence electrons. The van der Waals surface area contributed by atoms with Gasteiger partial charge in [0.1, 0.15) is 0 Å². The lowest BCUT2D eigenvalue weighted by Gasteiger charge is -2.24. The van der Waals surface area contributed by atoms with Crippen molar-refractivity contribution in [3.8, 4) is 0 Å². The molecule has 0 N–H and O–H groups in total. The van der Waals surface area contributed by atoms with Crippen LogP contribution in [0.25, 0.3) is 32.3 Å². The summed E-state index contributed by atoms with van der Waals surface area (Å²) in [6.45, 7) is 5.27. The van der Waals surface area contributed by atoms with Crippen LogP contribution in [0.15, 0.2) is 79.0 Å². The first-order chi connectivity index (χ1) is 17.8. The Bertz CT molecular complexity index is 1340. The molecule has 0 spiro atoms. The summed E-state index contributed by atoms with van der Waals surface area (Å²) < 4.78 is 0. The van der Waals surface area contributed by atoms with Gasteiger partial charge in [-0.05, 0) is 63.0 Å². The maximum Gasteiger partial charge on any atom is 0.0544 e. The molecule has 0 fully saturated rings. The van der Waals surface area contributed by atoms with Gasteiger partial charge in [0.05, 0.1) is 5.69 Å². The third-order valence-electron chi connectivity index (χ3n) is 7.70. The fourth-order valence-corrected chi connectivity index (χ4v) is 5.76. The van der Waals surface area contributed by atoms with E-state index in [1.165, 1.54) is 95.7 Å². The molecule has 1 heterocycles. The first-order valence-corrected chi connectivity index (χ1v) is 14.1. The number of unbranched alkanes of at least 4 members (excludes halogenated alkanes) is 8. The minimum absolute atomic E-state index is 0.903. The molecule has 0 aliphatic heterocycles. The van der Waals surface area contributed by atoms with E-state index in [9.17, 15) is 0 Å². The number of rotatable bonds is 14. The molecule has 0 saturated heterocycles. The standard InChI is InChI=1S/C34H40N2/c1-2-3-4-5-6-7-8-9-12-24-36(26-31-16-10-11-23-35-31)25-30-20-19-29-18-17-27-14-13-15-28-21-22-32(30)34(29)33(27)28/h10-11,13-23H,2-9,12,24-26H2,1H3. The lowest BCUT2D eigenvalue weighted by Crippen LogP contribution is -2.24. The number of pyridine rings is 1. The van der Waals surface area contributed by atoms with E-state index in [0.29, 0.717) is 0 Å². The van der Waals surface area contributed by atoms with E-state index in [4.69, 9.17) is 0 Å². The molecule has 2 nitrogen and oxygen atoms in total. The van der Waals surface area contributed by atoms with Crippen LogP contribution in [0.3, 0.4) is 0 Å². The van der Waals surface area contributed by atoms with Crippen LogP contribution in [0.4, 0.5) is 0 Å². The molecule has 0 aliphatic rings. The van der Waals surface area contributed by atoms with Gasteiger partial charge in [-0.15, -0.1) is 0 Å². The Morgan fingerprint density at radius 1 is 0.583 bits per heavy atom. The zero-order valence-corrected chi connectivity index (χ0v) is 21.9. The highest BCUT2D eigenvalue weighted by atomic mass is 15.1. The average molecular weight is 477 g/mol. The van der Waals surface area contributed by atoms with Crippen molar-refractivity contribution >= 4 is 32.3 Å². The highest BCUT2D eigenvalue weighted by Gasteiger charge is 2.14. The monoisotopic (exact) mass is 476 g/mol. The van der Waals surface area contributed by atoms with Gasteiger partial charge in [0.15, 0.2) is 0 Å². The number of hydrogen-bond donors (Lipinski definition) is 0. The van der Waals surface area contributed by atoms with Crippen LogP contribution in [0.1, 0.15) is 76.0 Å². The summed E-state index contributed by atoms with van der Waals surface area (Å²) in [6, 6.07) is 26.8. The molecule has 5 aromatic rings. The second-order valence-corrected chi connectivity index (χ2v) is 10.4. The van der Waals surface area contributed by atoms with Gasteiger partial charge < -0.3 is 0 Å². The molecule has 0 unspecified atom stereocenters. The van der Waals surface area contributed by atoms with E-state index in [-0.39, 0.29) is 0 Å². The third kappa shape index (κ3) is 5.87. The number of aromatic nitrogens is 1. The SMILES string of the molecule is CCCCCCCCCCCN(Cc1ccccn1)Cc1ccc2ccc3cccc4ccc1c2c34. The van der Waals surface area contributed by atoms with E-state index in [2.05, 4.69) is 83.5 Å². The normalized spacial score (nSPS) is 11.9. The predicted octanol–water partition coefficient (Wildman–Crippen LogP) is 9.51. The maximum atomic E-state index is 4.64. The van der Waals surface area contributed by atoms with Crippen molar-refractivity contribution in [1.82, 2.24) is 9.88 Å². The van der Waals surface area contributed by atoms with Gasteiger partial charge >= 0.3 is 0 Å². The molecule has 0 aliphatic carbocycles. The molecule has 0 radical (unpaired) electrons. The topological polar surface area (TPSA) is 16.1 Å². The average Bonchev–Trinajstić information content (AvgIpc) is 2.92. The first kappa shape index (κ1) is 24.7. The Hall–Kier alpha value is -2.97. The number of nitrogens with zero attached hydrogens (tertiary/aromatic N) is 2. The molecular formula is C34H40N2. The zero-order valence-electron chi connectivity index (χ0n) is 21.9. The van der Waals surface area contributed by atoms with Crippen LogP contribution in [0.5, 0.6) is 0 Å². The highest BCUT2D eigenvalue weighted by molar-refractivity contribution is 6.23. The van der Waals surface area contributed by atoms with Crippen molar-refractivity contribution in [3.05, 3.63) is 90.3 Å². The van der Waals surface area contributed by atoms with Crippen LogP contribution in [-0.4, -0.2) is 16.4 Å². The van der Waals surface area contributed by atoms with Crippen molar-refractivity contribution in [3.63, 3.8) is 0 Å². The summed E-state index contributed by atoms with van der Waals surface area (Å²) >= 11 is 0. The molecule has 0 amide bonds. The van der Waals surface area contributed by atoms with Crippen molar-refractivity contribution in [2.75, 3.05) is 6.54 Å². The number of benzene rings is 4. The summed E-state index contributed by atoms with van der Waals surface area (Å²) in [5.74, 6) is 0. The van der Waals surface area contributed by atoms with Gasteiger partial charge in [-0.1, -0.05) is 119 Å². The van der Waals surface area contributed by atoms with E-state index >= 15 is 0 Å². The van der Waals surface area contributed by atoms with Gasteiger partial charge in [-0.2, -0.15) is 0 Å². The molecule has 0 bridgehead atoms. The minimum Gasteiger partial charge on any atom is -0.293 e. The van der Waals surface area contributed by atoms with Gasteiger partial charge in [0, 0.05) is 19.3 Å². The fraction of sp³-hybridized carbons (Fsp3) is 0.382. The molecule has 4 aromatic carbocycles. The Morgan fingerprint density at radius 3 is 1.97 bits per heavy atom. The Balaban J connectivity index is 1.30. The zero-order chi connectivity index (χ0) is 24.6. The molecule has 0 atom stereocenters. The second-order valence-electron chi connectivity index (χ2n) is 10.4.